The molecule has 0 saturated carbocycles. The van der Waals surface area contributed by atoms with Crippen molar-refractivity contribution in [1.82, 2.24) is 20.4 Å². The zero-order valence-electron chi connectivity index (χ0n) is 16.7. The first-order valence-corrected chi connectivity index (χ1v) is 10.2. The van der Waals surface area contributed by atoms with Crippen LogP contribution in [0.15, 0.2) is 42.5 Å². The summed E-state index contributed by atoms with van der Waals surface area (Å²) in [6, 6.07) is 12.3. The highest BCUT2D eigenvalue weighted by Crippen LogP contribution is 2.23. The maximum atomic E-state index is 12.3. The molecule has 31 heavy (non-hydrogen) atoms. The van der Waals surface area contributed by atoms with Crippen LogP contribution in [0.2, 0.25) is 10.0 Å². The third-order valence-corrected chi connectivity index (χ3v) is 5.23. The fraction of sp³-hybridized carbons (Fsp3) is 0.238. The molecule has 0 fully saturated rings. The van der Waals surface area contributed by atoms with Gasteiger partial charge in [0, 0.05) is 25.5 Å². The molecular formula is C21H20Cl2N4O4. The average molecular weight is 463 g/mol. The highest BCUT2D eigenvalue weighted by molar-refractivity contribution is 6.42. The average Bonchev–Trinajstić information content (AvgIpc) is 3.19. The summed E-state index contributed by atoms with van der Waals surface area (Å²) in [4.78, 5) is 37.7. The van der Waals surface area contributed by atoms with Gasteiger partial charge in [0.2, 0.25) is 0 Å². The molecule has 0 radical (unpaired) electrons. The van der Waals surface area contributed by atoms with E-state index in [2.05, 4.69) is 15.5 Å². The van der Waals surface area contributed by atoms with Gasteiger partial charge in [-0.2, -0.15) is 5.10 Å². The Morgan fingerprint density at radius 1 is 1.13 bits per heavy atom. The van der Waals surface area contributed by atoms with E-state index in [1.54, 1.807) is 31.3 Å². The van der Waals surface area contributed by atoms with Crippen LogP contribution >= 0.6 is 23.2 Å². The molecule has 3 rings (SSSR count). The predicted octanol–water partition coefficient (Wildman–Crippen LogP) is 3.19. The zero-order valence-corrected chi connectivity index (χ0v) is 18.2. The Morgan fingerprint density at radius 2 is 1.90 bits per heavy atom. The maximum absolute atomic E-state index is 12.3. The van der Waals surface area contributed by atoms with Crippen molar-refractivity contribution >= 4 is 51.9 Å². The lowest BCUT2D eigenvalue weighted by molar-refractivity contribution is -0.151. The van der Waals surface area contributed by atoms with Crippen molar-refractivity contribution < 1.29 is 19.1 Å². The fourth-order valence-electron chi connectivity index (χ4n) is 2.82. The number of fused-ring (bicyclic) bond motifs is 1. The number of benzene rings is 2. The summed E-state index contributed by atoms with van der Waals surface area (Å²) in [6.45, 7) is -0.0400. The van der Waals surface area contributed by atoms with Crippen LogP contribution in [0.3, 0.4) is 0 Å². The Morgan fingerprint density at radius 3 is 2.68 bits per heavy atom. The Bertz CT molecular complexity index is 1120. The van der Waals surface area contributed by atoms with Crippen molar-refractivity contribution in [3.8, 4) is 0 Å². The van der Waals surface area contributed by atoms with Gasteiger partial charge in [0.15, 0.2) is 12.3 Å². The molecule has 0 aliphatic heterocycles. The van der Waals surface area contributed by atoms with Crippen molar-refractivity contribution in [2.24, 2.45) is 0 Å². The third-order valence-electron chi connectivity index (χ3n) is 4.49. The lowest BCUT2D eigenvalue weighted by Gasteiger charge is -2.17. The number of carbonyl (C=O) groups excluding carboxylic acids is 3. The molecule has 2 aromatic carbocycles. The van der Waals surface area contributed by atoms with Crippen molar-refractivity contribution in [3.05, 3.63) is 63.8 Å². The monoisotopic (exact) mass is 462 g/mol. The first kappa shape index (κ1) is 22.6. The summed E-state index contributed by atoms with van der Waals surface area (Å²) in [5, 5.41) is 10.9. The Hall–Kier alpha value is -3.10. The molecule has 0 atom stereocenters. The van der Waals surface area contributed by atoms with E-state index >= 15 is 0 Å². The summed E-state index contributed by atoms with van der Waals surface area (Å²) < 4.78 is 5.00. The minimum atomic E-state index is -0.594. The summed E-state index contributed by atoms with van der Waals surface area (Å²) in [5.41, 5.74) is 1.80. The van der Waals surface area contributed by atoms with E-state index in [-0.39, 0.29) is 24.6 Å². The minimum Gasteiger partial charge on any atom is -0.456 e. The predicted molar refractivity (Wildman–Crippen MR) is 117 cm³/mol. The first-order valence-electron chi connectivity index (χ1n) is 9.40. The van der Waals surface area contributed by atoms with Gasteiger partial charge < -0.3 is 15.0 Å². The van der Waals surface area contributed by atoms with Crippen LogP contribution in [0, 0.1) is 0 Å². The summed E-state index contributed by atoms with van der Waals surface area (Å²) in [7, 11) is 1.59. The zero-order chi connectivity index (χ0) is 22.4. The van der Waals surface area contributed by atoms with E-state index in [1.165, 1.54) is 4.90 Å². The number of carbonyl (C=O) groups is 3. The smallest absolute Gasteiger partial charge is 0.308 e. The Balaban J connectivity index is 1.39. The number of hydrogen-bond acceptors (Lipinski definition) is 5. The number of para-hydroxylation sites is 1. The number of likely N-dealkylation sites (N-methyl/N-ethyl adjacent to an activating group) is 1. The first-order chi connectivity index (χ1) is 14.8. The molecule has 0 saturated heterocycles. The van der Waals surface area contributed by atoms with Gasteiger partial charge in [-0.15, -0.1) is 0 Å². The van der Waals surface area contributed by atoms with E-state index < -0.39 is 18.5 Å². The molecule has 10 heteroatoms. The molecule has 1 aromatic heterocycles. The number of amides is 2. The van der Waals surface area contributed by atoms with Gasteiger partial charge in [-0.05, 0) is 23.8 Å². The molecule has 1 heterocycles. The van der Waals surface area contributed by atoms with Gasteiger partial charge in [0.25, 0.3) is 11.8 Å². The lowest BCUT2D eigenvalue weighted by atomic mass is 10.2. The SMILES string of the molecule is CN(Cc1ccc(Cl)c(Cl)c1)C(=O)COC(=O)CCNC(=O)c1n[nH]c2ccccc12. The van der Waals surface area contributed by atoms with Gasteiger partial charge in [0.05, 0.1) is 22.0 Å². The number of aromatic nitrogens is 2. The van der Waals surface area contributed by atoms with E-state index in [0.29, 0.717) is 22.0 Å². The summed E-state index contributed by atoms with van der Waals surface area (Å²) in [5.74, 6) is -1.36. The number of nitrogens with zero attached hydrogens (tertiary/aromatic N) is 2. The van der Waals surface area contributed by atoms with Gasteiger partial charge in [-0.3, -0.25) is 19.5 Å². The number of ether oxygens (including phenoxy) is 1. The van der Waals surface area contributed by atoms with E-state index in [0.717, 1.165) is 11.1 Å². The van der Waals surface area contributed by atoms with Crippen LogP contribution in [-0.2, 0) is 20.9 Å². The molecule has 162 valence electrons. The molecule has 2 amide bonds. The van der Waals surface area contributed by atoms with E-state index in [9.17, 15) is 14.4 Å². The summed E-state index contributed by atoms with van der Waals surface area (Å²) >= 11 is 11.9. The van der Waals surface area contributed by atoms with Crippen molar-refractivity contribution in [3.63, 3.8) is 0 Å². The fourth-order valence-corrected chi connectivity index (χ4v) is 3.14. The maximum Gasteiger partial charge on any atom is 0.308 e. The van der Waals surface area contributed by atoms with E-state index in [4.69, 9.17) is 27.9 Å². The molecule has 2 N–H and O–H groups in total. The molecule has 0 spiro atoms. The number of H-pyrrole nitrogens is 1. The highest BCUT2D eigenvalue weighted by atomic mass is 35.5. The van der Waals surface area contributed by atoms with Crippen molar-refractivity contribution in [1.29, 1.82) is 0 Å². The second kappa shape index (κ2) is 10.3. The number of halogens is 2. The van der Waals surface area contributed by atoms with Crippen LogP contribution < -0.4 is 5.32 Å². The Kier molecular flexibility index (Phi) is 7.49. The standard InChI is InChI=1S/C21H20Cl2N4O4/c1-27(11-13-6-7-15(22)16(23)10-13)18(28)12-31-19(29)8-9-24-21(30)20-14-4-2-3-5-17(14)25-26-20/h2-7,10H,8-9,11-12H2,1H3,(H,24,30)(H,25,26). The second-order valence-corrected chi connectivity index (χ2v) is 7.60. The molecule has 0 aliphatic rings. The van der Waals surface area contributed by atoms with E-state index in [1.807, 2.05) is 18.2 Å². The number of nitrogens with one attached hydrogen (secondary N) is 2. The second-order valence-electron chi connectivity index (χ2n) is 6.78. The van der Waals surface area contributed by atoms with Crippen LogP contribution in [-0.4, -0.2) is 53.1 Å². The van der Waals surface area contributed by atoms with Crippen LogP contribution in [0.4, 0.5) is 0 Å². The normalized spacial score (nSPS) is 10.7. The third kappa shape index (κ3) is 5.96. The lowest BCUT2D eigenvalue weighted by Crippen LogP contribution is -2.32. The van der Waals surface area contributed by atoms with Gasteiger partial charge in [-0.25, -0.2) is 0 Å². The highest BCUT2D eigenvalue weighted by Gasteiger charge is 2.16. The van der Waals surface area contributed by atoms with Crippen LogP contribution in [0.5, 0.6) is 0 Å². The van der Waals surface area contributed by atoms with Crippen molar-refractivity contribution in [2.45, 2.75) is 13.0 Å². The number of aromatic amines is 1. The molecule has 3 aromatic rings. The number of hydrogen-bond donors (Lipinski definition) is 2. The van der Waals surface area contributed by atoms with Gasteiger partial charge >= 0.3 is 5.97 Å². The minimum absolute atomic E-state index is 0.0617. The quantitative estimate of drug-likeness (QED) is 0.500. The molecular weight excluding hydrogens is 443 g/mol. The van der Waals surface area contributed by atoms with Crippen LogP contribution in [0.25, 0.3) is 10.9 Å². The molecule has 0 aliphatic carbocycles. The van der Waals surface area contributed by atoms with Crippen LogP contribution in [0.1, 0.15) is 22.5 Å². The topological polar surface area (TPSA) is 104 Å². The summed E-state index contributed by atoms with van der Waals surface area (Å²) in [6.07, 6.45) is -0.0715. The molecule has 0 unspecified atom stereocenters. The molecule has 0 bridgehead atoms. The van der Waals surface area contributed by atoms with Gasteiger partial charge in [-0.1, -0.05) is 47.5 Å². The Labute approximate surface area is 188 Å². The number of esters is 1. The molecule has 8 nitrogen and oxygen atoms in total. The van der Waals surface area contributed by atoms with Crippen molar-refractivity contribution in [2.75, 3.05) is 20.2 Å². The largest absolute Gasteiger partial charge is 0.456 e. The number of rotatable bonds is 8. The van der Waals surface area contributed by atoms with Gasteiger partial charge in [0.1, 0.15) is 0 Å².